The van der Waals surface area contributed by atoms with E-state index in [1.165, 1.54) is 5.56 Å². The lowest BCUT2D eigenvalue weighted by atomic mass is 9.98. The summed E-state index contributed by atoms with van der Waals surface area (Å²) in [5.74, 6) is 6.62. The number of rotatable bonds is 5. The van der Waals surface area contributed by atoms with Gasteiger partial charge in [0, 0.05) is 4.47 Å². The van der Waals surface area contributed by atoms with Gasteiger partial charge in [0.1, 0.15) is 5.75 Å². The molecule has 2 aromatic carbocycles. The lowest BCUT2D eigenvalue weighted by Crippen LogP contribution is -2.30. The number of nitrogens with two attached hydrogens (primary N) is 1. The molecule has 0 spiro atoms. The molecule has 0 bridgehead atoms. The lowest BCUT2D eigenvalue weighted by Gasteiger charge is -2.19. The maximum atomic E-state index is 5.74. The van der Waals surface area contributed by atoms with E-state index in [1.54, 1.807) is 7.11 Å². The maximum Gasteiger partial charge on any atom is 0.122 e. The highest BCUT2D eigenvalue weighted by Crippen LogP contribution is 2.29. The van der Waals surface area contributed by atoms with E-state index in [9.17, 15) is 0 Å². The third-order valence-electron chi connectivity index (χ3n) is 3.35. The normalized spacial score (nSPS) is 12.2. The Balaban J connectivity index is 2.29. The van der Waals surface area contributed by atoms with Crippen LogP contribution in [0.15, 0.2) is 46.9 Å². The van der Waals surface area contributed by atoms with Crippen molar-refractivity contribution in [2.75, 3.05) is 7.11 Å². The first-order valence-corrected chi connectivity index (χ1v) is 7.29. The zero-order valence-electron chi connectivity index (χ0n) is 11.7. The Morgan fingerprint density at radius 3 is 2.65 bits per heavy atom. The largest absolute Gasteiger partial charge is 0.496 e. The van der Waals surface area contributed by atoms with Gasteiger partial charge in [-0.25, -0.2) is 0 Å². The Bertz CT molecular complexity index is 586. The summed E-state index contributed by atoms with van der Waals surface area (Å²) in [6.45, 7) is 2.07. The van der Waals surface area contributed by atoms with Crippen LogP contribution in [0.1, 0.15) is 22.7 Å². The number of hydrogen-bond acceptors (Lipinski definition) is 3. The van der Waals surface area contributed by atoms with Gasteiger partial charge >= 0.3 is 0 Å². The second kappa shape index (κ2) is 6.88. The van der Waals surface area contributed by atoms with Crippen LogP contribution in [0.25, 0.3) is 0 Å². The van der Waals surface area contributed by atoms with Gasteiger partial charge in [0.2, 0.25) is 0 Å². The standard InChI is InChI=1S/C16H19BrN2O/c1-11-7-8-13(14(17)9-11)15(19-18)10-12-5-3-4-6-16(12)20-2/h3-9,15,19H,10,18H2,1-2H3. The van der Waals surface area contributed by atoms with Crippen molar-refractivity contribution in [3.8, 4) is 5.75 Å². The molecule has 2 rings (SSSR count). The molecule has 0 aliphatic carbocycles. The molecule has 0 saturated carbocycles. The molecule has 0 aliphatic rings. The molecule has 3 nitrogen and oxygen atoms in total. The minimum absolute atomic E-state index is 0.0290. The van der Waals surface area contributed by atoms with Gasteiger partial charge in [-0.2, -0.15) is 0 Å². The fraction of sp³-hybridized carbons (Fsp3) is 0.250. The molecule has 0 amide bonds. The molecule has 0 fully saturated rings. The average molecular weight is 335 g/mol. The van der Waals surface area contributed by atoms with E-state index in [4.69, 9.17) is 10.6 Å². The molecule has 0 aromatic heterocycles. The van der Waals surface area contributed by atoms with E-state index in [1.807, 2.05) is 18.2 Å². The van der Waals surface area contributed by atoms with Gasteiger partial charge in [0.25, 0.3) is 0 Å². The Morgan fingerprint density at radius 1 is 1.25 bits per heavy atom. The SMILES string of the molecule is COc1ccccc1CC(NN)c1ccc(C)cc1Br. The number of halogens is 1. The van der Waals surface area contributed by atoms with Crippen LogP contribution >= 0.6 is 15.9 Å². The lowest BCUT2D eigenvalue weighted by molar-refractivity contribution is 0.405. The van der Waals surface area contributed by atoms with Gasteiger partial charge in [-0.05, 0) is 42.2 Å². The van der Waals surface area contributed by atoms with Crippen LogP contribution in [-0.2, 0) is 6.42 Å². The Morgan fingerprint density at radius 2 is 2.00 bits per heavy atom. The van der Waals surface area contributed by atoms with Crippen molar-refractivity contribution in [1.29, 1.82) is 0 Å². The van der Waals surface area contributed by atoms with Gasteiger partial charge in [0.15, 0.2) is 0 Å². The highest BCUT2D eigenvalue weighted by molar-refractivity contribution is 9.10. The Labute approximate surface area is 128 Å². The fourth-order valence-electron chi connectivity index (χ4n) is 2.26. The molecule has 0 radical (unpaired) electrons. The zero-order valence-corrected chi connectivity index (χ0v) is 13.3. The second-order valence-corrected chi connectivity index (χ2v) is 5.61. The summed E-state index contributed by atoms with van der Waals surface area (Å²) in [6, 6.07) is 14.3. The van der Waals surface area contributed by atoms with Gasteiger partial charge in [-0.15, -0.1) is 0 Å². The molecule has 3 N–H and O–H groups in total. The first-order valence-electron chi connectivity index (χ1n) is 6.49. The maximum absolute atomic E-state index is 5.74. The van der Waals surface area contributed by atoms with Crippen LogP contribution in [-0.4, -0.2) is 7.11 Å². The highest BCUT2D eigenvalue weighted by atomic mass is 79.9. The van der Waals surface area contributed by atoms with Crippen LogP contribution in [0.4, 0.5) is 0 Å². The number of hydrazine groups is 1. The van der Waals surface area contributed by atoms with E-state index < -0.39 is 0 Å². The molecule has 0 saturated heterocycles. The first kappa shape index (κ1) is 15.0. The summed E-state index contributed by atoms with van der Waals surface area (Å²) in [5.41, 5.74) is 6.38. The van der Waals surface area contributed by atoms with Crippen LogP contribution in [0.2, 0.25) is 0 Å². The molecule has 0 heterocycles. The molecule has 20 heavy (non-hydrogen) atoms. The minimum atomic E-state index is 0.0290. The highest BCUT2D eigenvalue weighted by Gasteiger charge is 2.15. The summed E-state index contributed by atoms with van der Waals surface area (Å²) in [6.07, 6.45) is 0.766. The molecule has 1 atom stereocenters. The van der Waals surface area contributed by atoms with Crippen molar-refractivity contribution in [3.63, 3.8) is 0 Å². The third kappa shape index (κ3) is 3.39. The number of aryl methyl sites for hydroxylation is 1. The molecule has 4 heteroatoms. The monoisotopic (exact) mass is 334 g/mol. The third-order valence-corrected chi connectivity index (χ3v) is 4.04. The molecule has 1 unspecified atom stereocenters. The van der Waals surface area contributed by atoms with E-state index in [0.29, 0.717) is 0 Å². The summed E-state index contributed by atoms with van der Waals surface area (Å²) >= 11 is 3.61. The molecular weight excluding hydrogens is 316 g/mol. The van der Waals surface area contributed by atoms with Gasteiger partial charge in [0.05, 0.1) is 13.2 Å². The molecule has 0 aliphatic heterocycles. The summed E-state index contributed by atoms with van der Waals surface area (Å²) in [4.78, 5) is 0. The van der Waals surface area contributed by atoms with Crippen molar-refractivity contribution in [1.82, 2.24) is 5.43 Å². The summed E-state index contributed by atoms with van der Waals surface area (Å²) in [7, 11) is 1.69. The molecule has 106 valence electrons. The predicted molar refractivity (Wildman–Crippen MR) is 85.6 cm³/mol. The second-order valence-electron chi connectivity index (χ2n) is 4.76. The topological polar surface area (TPSA) is 47.3 Å². The predicted octanol–water partition coefficient (Wildman–Crippen LogP) is 3.51. The number of methoxy groups -OCH3 is 1. The summed E-state index contributed by atoms with van der Waals surface area (Å²) in [5, 5.41) is 0. The number of benzene rings is 2. The minimum Gasteiger partial charge on any atom is -0.496 e. The van der Waals surface area contributed by atoms with E-state index >= 15 is 0 Å². The molecule has 2 aromatic rings. The van der Waals surface area contributed by atoms with Gasteiger partial charge < -0.3 is 4.74 Å². The quantitative estimate of drug-likeness (QED) is 0.649. The van der Waals surface area contributed by atoms with Crippen molar-refractivity contribution < 1.29 is 4.74 Å². The van der Waals surface area contributed by atoms with E-state index in [-0.39, 0.29) is 6.04 Å². The van der Waals surface area contributed by atoms with Crippen molar-refractivity contribution in [2.45, 2.75) is 19.4 Å². The van der Waals surface area contributed by atoms with Crippen molar-refractivity contribution in [2.24, 2.45) is 5.84 Å². The zero-order chi connectivity index (χ0) is 14.5. The van der Waals surface area contributed by atoms with Crippen LogP contribution < -0.4 is 16.0 Å². The van der Waals surface area contributed by atoms with Crippen LogP contribution in [0, 0.1) is 6.92 Å². The number of ether oxygens (including phenoxy) is 1. The first-order chi connectivity index (χ1) is 9.65. The summed E-state index contributed by atoms with van der Waals surface area (Å²) < 4.78 is 6.46. The smallest absolute Gasteiger partial charge is 0.122 e. The Kier molecular flexibility index (Phi) is 5.17. The Hall–Kier alpha value is -1.36. The average Bonchev–Trinajstić information content (AvgIpc) is 2.46. The van der Waals surface area contributed by atoms with Crippen molar-refractivity contribution >= 4 is 15.9 Å². The van der Waals surface area contributed by atoms with Crippen molar-refractivity contribution in [3.05, 3.63) is 63.6 Å². The molecular formula is C16H19BrN2O. The van der Waals surface area contributed by atoms with Gasteiger partial charge in [-0.1, -0.05) is 46.3 Å². The van der Waals surface area contributed by atoms with E-state index in [0.717, 1.165) is 27.8 Å². The van der Waals surface area contributed by atoms with Crippen LogP contribution in [0.3, 0.4) is 0 Å². The number of nitrogens with one attached hydrogen (secondary N) is 1. The fourth-order valence-corrected chi connectivity index (χ4v) is 3.03. The number of hydrogen-bond donors (Lipinski definition) is 2. The van der Waals surface area contributed by atoms with Crippen LogP contribution in [0.5, 0.6) is 5.75 Å². The van der Waals surface area contributed by atoms with Gasteiger partial charge in [-0.3, -0.25) is 11.3 Å². The van der Waals surface area contributed by atoms with E-state index in [2.05, 4.69) is 52.5 Å². The number of para-hydroxylation sites is 1.